The van der Waals surface area contributed by atoms with Crippen molar-refractivity contribution in [1.29, 1.82) is 0 Å². The van der Waals surface area contributed by atoms with Crippen LogP contribution in [0.1, 0.15) is 38.7 Å². The summed E-state index contributed by atoms with van der Waals surface area (Å²) in [5.74, 6) is 0.260. The van der Waals surface area contributed by atoms with Crippen LogP contribution in [-0.2, 0) is 21.2 Å². The predicted molar refractivity (Wildman–Crippen MR) is 120 cm³/mol. The minimum atomic E-state index is -3.78. The van der Waals surface area contributed by atoms with E-state index in [2.05, 4.69) is 19.2 Å². The first kappa shape index (κ1) is 20.7. The van der Waals surface area contributed by atoms with E-state index in [0.717, 1.165) is 24.8 Å². The standard InChI is InChI=1S/C25H30N2O3S/c1-23-18-27(31(29,30)21-11-7-4-8-12-21)25(17-20(23)13-15-24(23,25)2)22(28)26-16-14-19-9-5-3-6-10-19/h3-12,20H,13-18H2,1-2H3,(H,26,28). The lowest BCUT2D eigenvalue weighted by atomic mass is 9.65. The van der Waals surface area contributed by atoms with Crippen LogP contribution < -0.4 is 5.32 Å². The third-order valence-electron chi connectivity index (χ3n) is 8.76. The second-order valence-corrected chi connectivity index (χ2v) is 11.7. The number of sulfonamides is 1. The van der Waals surface area contributed by atoms with Gasteiger partial charge in [0, 0.05) is 18.5 Å². The molecule has 5 rings (SSSR count). The van der Waals surface area contributed by atoms with Gasteiger partial charge in [-0.25, -0.2) is 8.42 Å². The Labute approximate surface area is 184 Å². The van der Waals surface area contributed by atoms with Crippen LogP contribution in [0.25, 0.3) is 0 Å². The Morgan fingerprint density at radius 1 is 1.06 bits per heavy atom. The average molecular weight is 439 g/mol. The molecule has 5 nitrogen and oxygen atoms in total. The van der Waals surface area contributed by atoms with Crippen LogP contribution in [0.15, 0.2) is 65.6 Å². The van der Waals surface area contributed by atoms with E-state index in [4.69, 9.17) is 0 Å². The van der Waals surface area contributed by atoms with E-state index < -0.39 is 15.6 Å². The smallest absolute Gasteiger partial charge is 0.244 e. The molecule has 4 atom stereocenters. The molecular formula is C25H30N2O3S. The van der Waals surface area contributed by atoms with Crippen molar-refractivity contribution >= 4 is 15.9 Å². The molecule has 2 aromatic rings. The highest BCUT2D eigenvalue weighted by Gasteiger charge is 2.81. The van der Waals surface area contributed by atoms with Gasteiger partial charge in [0.15, 0.2) is 0 Å². The largest absolute Gasteiger partial charge is 0.354 e. The van der Waals surface area contributed by atoms with Crippen LogP contribution in [-0.4, -0.2) is 37.3 Å². The lowest BCUT2D eigenvalue weighted by molar-refractivity contribution is -0.135. The Morgan fingerprint density at radius 3 is 2.35 bits per heavy atom. The van der Waals surface area contributed by atoms with Crippen LogP contribution in [0, 0.1) is 16.7 Å². The summed E-state index contributed by atoms with van der Waals surface area (Å²) in [5.41, 5.74) is -0.394. The number of nitrogens with one attached hydrogen (secondary N) is 1. The fraction of sp³-hybridized carbons (Fsp3) is 0.480. The summed E-state index contributed by atoms with van der Waals surface area (Å²) in [6.07, 6.45) is 3.31. The number of benzene rings is 2. The molecule has 2 aliphatic carbocycles. The fourth-order valence-electron chi connectivity index (χ4n) is 6.80. The number of nitrogens with zero attached hydrogens (tertiary/aromatic N) is 1. The fourth-order valence-corrected chi connectivity index (χ4v) is 8.76. The SMILES string of the molecule is CC12CN(S(=O)(=O)c3ccccc3)C3(C(=O)NCCc4ccccc4)CC1CCC23C. The van der Waals surface area contributed by atoms with Crippen molar-refractivity contribution in [2.75, 3.05) is 13.1 Å². The molecule has 2 saturated carbocycles. The first-order valence-corrected chi connectivity index (χ1v) is 12.6. The van der Waals surface area contributed by atoms with Gasteiger partial charge in [-0.2, -0.15) is 4.31 Å². The van der Waals surface area contributed by atoms with Gasteiger partial charge in [-0.3, -0.25) is 4.79 Å². The summed E-state index contributed by atoms with van der Waals surface area (Å²) in [4.78, 5) is 14.1. The van der Waals surface area contributed by atoms with E-state index in [1.807, 2.05) is 36.4 Å². The number of hydrogen-bond acceptors (Lipinski definition) is 3. The highest BCUT2D eigenvalue weighted by atomic mass is 32.2. The zero-order chi connectivity index (χ0) is 21.9. The van der Waals surface area contributed by atoms with E-state index in [1.165, 1.54) is 0 Å². The topological polar surface area (TPSA) is 66.5 Å². The Hall–Kier alpha value is -2.18. The van der Waals surface area contributed by atoms with E-state index in [0.29, 0.717) is 25.4 Å². The number of rotatable bonds is 6. The molecule has 0 spiro atoms. The number of amides is 1. The van der Waals surface area contributed by atoms with Crippen LogP contribution in [0.5, 0.6) is 0 Å². The van der Waals surface area contributed by atoms with Gasteiger partial charge in [0.05, 0.1) is 4.90 Å². The number of piperidine rings is 1. The van der Waals surface area contributed by atoms with E-state index >= 15 is 0 Å². The first-order chi connectivity index (χ1) is 14.8. The van der Waals surface area contributed by atoms with Crippen molar-refractivity contribution in [3.8, 4) is 0 Å². The summed E-state index contributed by atoms with van der Waals surface area (Å²) < 4.78 is 29.0. The lowest BCUT2D eigenvalue weighted by Crippen LogP contribution is -2.64. The molecule has 0 aromatic heterocycles. The number of carbonyl (C=O) groups is 1. The van der Waals surface area contributed by atoms with Crippen molar-refractivity contribution in [1.82, 2.24) is 9.62 Å². The van der Waals surface area contributed by atoms with Gasteiger partial charge in [-0.05, 0) is 54.7 Å². The third kappa shape index (κ3) is 2.64. The summed E-state index contributed by atoms with van der Waals surface area (Å²) in [6, 6.07) is 18.6. The molecule has 2 aromatic carbocycles. The van der Waals surface area contributed by atoms with E-state index in [1.54, 1.807) is 28.6 Å². The lowest BCUT2D eigenvalue weighted by Gasteiger charge is -2.46. The summed E-state index contributed by atoms with van der Waals surface area (Å²) in [6.45, 7) is 5.26. The van der Waals surface area contributed by atoms with Crippen molar-refractivity contribution in [2.45, 2.75) is 50.0 Å². The van der Waals surface area contributed by atoms with E-state index in [9.17, 15) is 13.2 Å². The molecule has 4 unspecified atom stereocenters. The van der Waals surface area contributed by atoms with Crippen LogP contribution in [0.2, 0.25) is 0 Å². The second-order valence-electron chi connectivity index (χ2n) is 9.87. The van der Waals surface area contributed by atoms with Crippen LogP contribution >= 0.6 is 0 Å². The predicted octanol–water partition coefficient (Wildman–Crippen LogP) is 3.61. The van der Waals surface area contributed by atoms with Crippen molar-refractivity contribution in [3.63, 3.8) is 0 Å². The molecule has 1 heterocycles. The molecule has 3 aliphatic rings. The molecule has 1 aliphatic heterocycles. The van der Waals surface area contributed by atoms with Gasteiger partial charge >= 0.3 is 0 Å². The van der Waals surface area contributed by atoms with Crippen LogP contribution in [0.3, 0.4) is 0 Å². The van der Waals surface area contributed by atoms with Crippen molar-refractivity contribution in [2.24, 2.45) is 16.7 Å². The molecule has 1 saturated heterocycles. The quantitative estimate of drug-likeness (QED) is 0.749. The minimum Gasteiger partial charge on any atom is -0.354 e. The highest BCUT2D eigenvalue weighted by molar-refractivity contribution is 7.89. The van der Waals surface area contributed by atoms with Gasteiger partial charge < -0.3 is 5.32 Å². The number of carbonyl (C=O) groups excluding carboxylic acids is 1. The average Bonchev–Trinajstić information content (AvgIpc) is 3.24. The molecular weight excluding hydrogens is 408 g/mol. The van der Waals surface area contributed by atoms with Gasteiger partial charge in [-0.1, -0.05) is 62.4 Å². The van der Waals surface area contributed by atoms with Crippen molar-refractivity contribution in [3.05, 3.63) is 66.2 Å². The monoisotopic (exact) mass is 438 g/mol. The minimum absolute atomic E-state index is 0.128. The maximum atomic E-state index is 13.8. The summed E-state index contributed by atoms with van der Waals surface area (Å²) in [5, 5.41) is 3.13. The van der Waals surface area contributed by atoms with Crippen molar-refractivity contribution < 1.29 is 13.2 Å². The molecule has 31 heavy (non-hydrogen) atoms. The Kier molecular flexibility index (Phi) is 4.61. The molecule has 1 amide bonds. The molecule has 6 heteroatoms. The Morgan fingerprint density at radius 2 is 1.71 bits per heavy atom. The molecule has 3 fully saturated rings. The summed E-state index contributed by atoms with van der Waals surface area (Å²) in [7, 11) is -3.78. The molecule has 1 N–H and O–H groups in total. The van der Waals surface area contributed by atoms with Gasteiger partial charge in [-0.15, -0.1) is 0 Å². The Bertz CT molecular complexity index is 1100. The van der Waals surface area contributed by atoms with Gasteiger partial charge in [0.25, 0.3) is 0 Å². The number of hydrogen-bond donors (Lipinski definition) is 1. The summed E-state index contributed by atoms with van der Waals surface area (Å²) >= 11 is 0. The second kappa shape index (κ2) is 6.91. The van der Waals surface area contributed by atoms with E-state index in [-0.39, 0.29) is 21.6 Å². The Balaban J connectivity index is 1.49. The third-order valence-corrected chi connectivity index (χ3v) is 10.6. The maximum Gasteiger partial charge on any atom is 0.244 e. The molecule has 164 valence electrons. The first-order valence-electron chi connectivity index (χ1n) is 11.2. The van der Waals surface area contributed by atoms with Crippen LogP contribution in [0.4, 0.5) is 0 Å². The zero-order valence-corrected chi connectivity index (χ0v) is 19.0. The molecule has 0 radical (unpaired) electrons. The normalized spacial score (nSPS) is 34.2. The maximum absolute atomic E-state index is 13.8. The van der Waals surface area contributed by atoms with Gasteiger partial charge in [0.2, 0.25) is 15.9 Å². The van der Waals surface area contributed by atoms with Gasteiger partial charge in [0.1, 0.15) is 5.54 Å². The molecule has 4 bridgehead atoms. The zero-order valence-electron chi connectivity index (χ0n) is 18.2. The highest BCUT2D eigenvalue weighted by Crippen LogP contribution is 2.76.